The van der Waals surface area contributed by atoms with Crippen LogP contribution in [-0.4, -0.2) is 29.8 Å². The zero-order valence-electron chi connectivity index (χ0n) is 19.0. The van der Waals surface area contributed by atoms with Gasteiger partial charge in [0.15, 0.2) is 0 Å². The molecular formula is C26H32Cl2N2O2. The summed E-state index contributed by atoms with van der Waals surface area (Å²) < 4.78 is 0. The van der Waals surface area contributed by atoms with Crippen molar-refractivity contribution in [3.05, 3.63) is 40.4 Å². The molecule has 5 rings (SSSR count). The van der Waals surface area contributed by atoms with E-state index in [0.29, 0.717) is 33.5 Å². The number of hydrogen-bond donors (Lipinski definition) is 1. The highest BCUT2D eigenvalue weighted by atomic mass is 35.5. The Labute approximate surface area is 200 Å². The number of fused-ring (bicyclic) bond motifs is 5. The van der Waals surface area contributed by atoms with Gasteiger partial charge in [0.25, 0.3) is 0 Å². The SMILES string of the molecule is CN1C(=O)C=C[C@@]2(C)C1CC[C@@H]1[C@H]2CC[C@]2(C)C(C(=O)Nc3ccc(Cl)cc3Cl)CC[C@@H]12. The molecule has 0 aromatic heterocycles. The number of carbonyl (C=O) groups is 2. The second-order valence-corrected chi connectivity index (χ2v) is 11.7. The van der Waals surface area contributed by atoms with Crippen LogP contribution < -0.4 is 5.32 Å². The highest BCUT2D eigenvalue weighted by Crippen LogP contribution is 2.65. The molecule has 0 saturated heterocycles. The van der Waals surface area contributed by atoms with E-state index in [9.17, 15) is 9.59 Å². The van der Waals surface area contributed by atoms with Crippen LogP contribution in [0.15, 0.2) is 30.4 Å². The third-order valence-corrected chi connectivity index (χ3v) is 10.2. The van der Waals surface area contributed by atoms with E-state index >= 15 is 0 Å². The number of carbonyl (C=O) groups excluding carboxylic acids is 2. The van der Waals surface area contributed by atoms with Crippen LogP contribution >= 0.6 is 23.2 Å². The summed E-state index contributed by atoms with van der Waals surface area (Å²) >= 11 is 12.3. The van der Waals surface area contributed by atoms with Gasteiger partial charge in [-0.25, -0.2) is 0 Å². The molecule has 1 aliphatic heterocycles. The quantitative estimate of drug-likeness (QED) is 0.555. The molecule has 1 N–H and O–H groups in total. The maximum atomic E-state index is 13.4. The lowest BCUT2D eigenvalue weighted by Crippen LogP contribution is -2.59. The lowest BCUT2D eigenvalue weighted by Gasteiger charge is -2.60. The molecule has 3 aliphatic carbocycles. The van der Waals surface area contributed by atoms with Crippen LogP contribution in [0.4, 0.5) is 5.69 Å². The van der Waals surface area contributed by atoms with Crippen molar-refractivity contribution in [2.45, 2.75) is 58.4 Å². The van der Waals surface area contributed by atoms with Crippen molar-refractivity contribution in [2.24, 2.45) is 34.5 Å². The van der Waals surface area contributed by atoms with Crippen LogP contribution in [0.3, 0.4) is 0 Å². The van der Waals surface area contributed by atoms with Crippen LogP contribution in [-0.2, 0) is 9.59 Å². The van der Waals surface area contributed by atoms with E-state index < -0.39 is 0 Å². The number of rotatable bonds is 2. The van der Waals surface area contributed by atoms with Gasteiger partial charge < -0.3 is 10.2 Å². The summed E-state index contributed by atoms with van der Waals surface area (Å²) in [6.07, 6.45) is 10.4. The maximum absolute atomic E-state index is 13.4. The fourth-order valence-corrected chi connectivity index (χ4v) is 8.44. The van der Waals surface area contributed by atoms with Crippen LogP contribution in [0.1, 0.15) is 52.4 Å². The second-order valence-electron chi connectivity index (χ2n) is 10.9. The van der Waals surface area contributed by atoms with Crippen LogP contribution in [0.25, 0.3) is 0 Å². The number of hydrogen-bond acceptors (Lipinski definition) is 2. The van der Waals surface area contributed by atoms with Gasteiger partial charge in [-0.15, -0.1) is 0 Å². The van der Waals surface area contributed by atoms with Crippen molar-refractivity contribution in [2.75, 3.05) is 12.4 Å². The van der Waals surface area contributed by atoms with Gasteiger partial charge in [0.2, 0.25) is 11.8 Å². The molecule has 3 fully saturated rings. The normalized spacial score (nSPS) is 40.5. The van der Waals surface area contributed by atoms with Crippen molar-refractivity contribution in [1.82, 2.24) is 4.90 Å². The Morgan fingerprint density at radius 2 is 1.88 bits per heavy atom. The van der Waals surface area contributed by atoms with Crippen molar-refractivity contribution in [3.8, 4) is 0 Å². The molecule has 1 aromatic carbocycles. The predicted octanol–water partition coefficient (Wildman–Crippen LogP) is 6.19. The Balaban J connectivity index is 1.38. The average molecular weight is 475 g/mol. The molecular weight excluding hydrogens is 443 g/mol. The Kier molecular flexibility index (Phi) is 5.41. The Bertz CT molecular complexity index is 994. The maximum Gasteiger partial charge on any atom is 0.246 e. The van der Waals surface area contributed by atoms with Crippen LogP contribution in [0.5, 0.6) is 0 Å². The minimum atomic E-state index is -0.00289. The summed E-state index contributed by atoms with van der Waals surface area (Å²) in [5, 5.41) is 4.13. The van der Waals surface area contributed by atoms with Gasteiger partial charge >= 0.3 is 0 Å². The van der Waals surface area contributed by atoms with Crippen LogP contribution in [0.2, 0.25) is 10.0 Å². The molecule has 4 aliphatic rings. The van der Waals surface area contributed by atoms with E-state index in [4.69, 9.17) is 23.2 Å². The molecule has 7 atom stereocenters. The molecule has 32 heavy (non-hydrogen) atoms. The van der Waals surface area contributed by atoms with Gasteiger partial charge in [0.1, 0.15) is 0 Å². The first-order valence-electron chi connectivity index (χ1n) is 11.9. The predicted molar refractivity (Wildman–Crippen MR) is 129 cm³/mol. The summed E-state index contributed by atoms with van der Waals surface area (Å²) in [4.78, 5) is 27.6. The van der Waals surface area contributed by atoms with Gasteiger partial charge in [-0.3, -0.25) is 9.59 Å². The van der Waals surface area contributed by atoms with Gasteiger partial charge in [-0.05, 0) is 86.0 Å². The molecule has 172 valence electrons. The molecule has 4 nitrogen and oxygen atoms in total. The number of likely N-dealkylation sites (N-methyl/N-ethyl adjacent to an activating group) is 1. The molecule has 0 radical (unpaired) electrons. The molecule has 2 amide bonds. The third kappa shape index (κ3) is 3.24. The minimum absolute atomic E-state index is 0.00289. The summed E-state index contributed by atoms with van der Waals surface area (Å²) in [5.74, 6) is 1.94. The van der Waals surface area contributed by atoms with Gasteiger partial charge in [0.05, 0.1) is 10.7 Å². The largest absolute Gasteiger partial charge is 0.338 e. The fraction of sp³-hybridized carbons (Fsp3) is 0.615. The first-order valence-corrected chi connectivity index (χ1v) is 12.6. The van der Waals surface area contributed by atoms with Crippen molar-refractivity contribution >= 4 is 40.7 Å². The van der Waals surface area contributed by atoms with E-state index in [1.807, 2.05) is 11.9 Å². The molecule has 0 bridgehead atoms. The van der Waals surface area contributed by atoms with Crippen molar-refractivity contribution in [3.63, 3.8) is 0 Å². The second kappa shape index (κ2) is 7.77. The van der Waals surface area contributed by atoms with E-state index in [0.717, 1.165) is 38.5 Å². The van der Waals surface area contributed by atoms with Gasteiger partial charge in [0, 0.05) is 29.4 Å². The topological polar surface area (TPSA) is 49.4 Å². The number of anilines is 1. The Hall–Kier alpha value is -1.52. The first kappa shape index (κ1) is 22.3. The van der Waals surface area contributed by atoms with Gasteiger partial charge in [-0.2, -0.15) is 0 Å². The number of nitrogens with zero attached hydrogens (tertiary/aromatic N) is 1. The van der Waals surface area contributed by atoms with Crippen molar-refractivity contribution < 1.29 is 9.59 Å². The zero-order chi connectivity index (χ0) is 22.8. The number of nitrogens with one attached hydrogen (secondary N) is 1. The molecule has 3 saturated carbocycles. The standard InChI is InChI=1S/C26H32Cl2N2O2/c1-25-12-10-18-16(5-9-22-26(18,2)13-11-23(31)30(22)3)17(25)6-7-19(25)24(32)29-21-8-4-15(27)14-20(21)28/h4,8,11,13-14,16-19,22H,5-7,9-10,12H2,1-3H3,(H,29,32)/t16-,17-,18+,19?,22?,25-,26+/m0/s1. The van der Waals surface area contributed by atoms with E-state index in [1.165, 1.54) is 0 Å². The first-order chi connectivity index (χ1) is 15.1. The van der Waals surface area contributed by atoms with E-state index in [-0.39, 0.29) is 34.6 Å². The molecule has 6 heteroatoms. The highest BCUT2D eigenvalue weighted by Gasteiger charge is 2.61. The number of halogens is 2. The zero-order valence-corrected chi connectivity index (χ0v) is 20.5. The molecule has 0 spiro atoms. The highest BCUT2D eigenvalue weighted by molar-refractivity contribution is 6.36. The summed E-state index contributed by atoms with van der Waals surface area (Å²) in [5.41, 5.74) is 0.673. The molecule has 2 unspecified atom stereocenters. The lowest BCUT2D eigenvalue weighted by molar-refractivity contribution is -0.141. The van der Waals surface area contributed by atoms with Crippen molar-refractivity contribution in [1.29, 1.82) is 0 Å². The summed E-state index contributed by atoms with van der Waals surface area (Å²) in [6, 6.07) is 5.50. The number of amides is 2. The average Bonchev–Trinajstić information content (AvgIpc) is 3.10. The lowest BCUT2D eigenvalue weighted by atomic mass is 9.47. The minimum Gasteiger partial charge on any atom is -0.338 e. The molecule has 1 aromatic rings. The van der Waals surface area contributed by atoms with Crippen LogP contribution in [0, 0.1) is 34.5 Å². The molecule has 1 heterocycles. The smallest absolute Gasteiger partial charge is 0.246 e. The van der Waals surface area contributed by atoms with Gasteiger partial charge in [-0.1, -0.05) is 43.1 Å². The Morgan fingerprint density at radius 3 is 2.62 bits per heavy atom. The number of benzene rings is 1. The third-order valence-electron chi connectivity index (χ3n) is 9.63. The van der Waals surface area contributed by atoms with E-state index in [2.05, 4.69) is 25.2 Å². The summed E-state index contributed by atoms with van der Waals surface area (Å²) in [6.45, 7) is 4.70. The van der Waals surface area contributed by atoms with E-state index in [1.54, 1.807) is 24.3 Å². The fourth-order valence-electron chi connectivity index (χ4n) is 7.98. The summed E-state index contributed by atoms with van der Waals surface area (Å²) in [7, 11) is 1.96. The monoisotopic (exact) mass is 474 g/mol. The Morgan fingerprint density at radius 1 is 1.09 bits per heavy atom.